The van der Waals surface area contributed by atoms with E-state index in [1.165, 1.54) is 7.11 Å². The first-order valence-electron chi connectivity index (χ1n) is 10.8. The maximum absolute atomic E-state index is 13.1. The van der Waals surface area contributed by atoms with Crippen LogP contribution in [0.2, 0.25) is 0 Å². The van der Waals surface area contributed by atoms with E-state index in [4.69, 9.17) is 20.9 Å². The fraction of sp³-hybridized carbons (Fsp3) is 0.333. The van der Waals surface area contributed by atoms with Crippen LogP contribution in [0, 0.1) is 0 Å². The molecule has 10 nitrogen and oxygen atoms in total. The number of hydrogen-bond donors (Lipinski definition) is 4. The zero-order valence-corrected chi connectivity index (χ0v) is 19.1. The van der Waals surface area contributed by atoms with Gasteiger partial charge in [-0.2, -0.15) is 0 Å². The zero-order chi connectivity index (χ0) is 24.8. The van der Waals surface area contributed by atoms with Crippen molar-refractivity contribution in [3.05, 3.63) is 71.8 Å². The lowest BCUT2D eigenvalue weighted by atomic mass is 10.0. The third kappa shape index (κ3) is 9.60. The maximum Gasteiger partial charge on any atom is 0.408 e. The Morgan fingerprint density at radius 2 is 1.53 bits per heavy atom. The summed E-state index contributed by atoms with van der Waals surface area (Å²) in [5.74, 6) is -1.21. The molecule has 0 aliphatic heterocycles. The number of nitrogens with one attached hydrogen (secondary N) is 2. The van der Waals surface area contributed by atoms with Gasteiger partial charge in [0.1, 0.15) is 18.7 Å². The van der Waals surface area contributed by atoms with Crippen LogP contribution < -0.4 is 22.1 Å². The van der Waals surface area contributed by atoms with E-state index in [2.05, 4.69) is 15.6 Å². The van der Waals surface area contributed by atoms with Crippen molar-refractivity contribution in [2.24, 2.45) is 16.5 Å². The van der Waals surface area contributed by atoms with Gasteiger partial charge in [0.25, 0.3) is 0 Å². The van der Waals surface area contributed by atoms with E-state index in [0.717, 1.165) is 11.1 Å². The van der Waals surface area contributed by atoms with Gasteiger partial charge in [0.05, 0.1) is 7.11 Å². The Labute approximate surface area is 198 Å². The third-order valence-corrected chi connectivity index (χ3v) is 4.85. The Hall–Kier alpha value is -4.08. The molecule has 0 aromatic heterocycles. The summed E-state index contributed by atoms with van der Waals surface area (Å²) in [6.07, 6.45) is 0.150. The van der Waals surface area contributed by atoms with Crippen molar-refractivity contribution in [2.45, 2.75) is 38.0 Å². The van der Waals surface area contributed by atoms with E-state index in [9.17, 15) is 14.4 Å². The Kier molecular flexibility index (Phi) is 10.9. The van der Waals surface area contributed by atoms with Crippen LogP contribution in [0.15, 0.2) is 65.7 Å². The van der Waals surface area contributed by atoms with E-state index >= 15 is 0 Å². The number of rotatable bonds is 12. The smallest absolute Gasteiger partial charge is 0.408 e. The average molecular weight is 470 g/mol. The summed E-state index contributed by atoms with van der Waals surface area (Å²) in [5, 5.41) is 5.26. The fourth-order valence-corrected chi connectivity index (χ4v) is 3.13. The molecular formula is C24H31N5O5. The molecule has 6 N–H and O–H groups in total. The third-order valence-electron chi connectivity index (χ3n) is 4.85. The first-order valence-corrected chi connectivity index (χ1v) is 10.8. The van der Waals surface area contributed by atoms with Crippen LogP contribution in [0.4, 0.5) is 4.79 Å². The molecule has 2 atom stereocenters. The van der Waals surface area contributed by atoms with Gasteiger partial charge in [0.15, 0.2) is 5.96 Å². The summed E-state index contributed by atoms with van der Waals surface area (Å²) in [4.78, 5) is 41.6. The van der Waals surface area contributed by atoms with E-state index in [1.54, 1.807) is 0 Å². The lowest BCUT2D eigenvalue weighted by Gasteiger charge is -2.22. The van der Waals surface area contributed by atoms with Crippen molar-refractivity contribution in [3.8, 4) is 0 Å². The minimum absolute atomic E-state index is 0.0557. The van der Waals surface area contributed by atoms with Gasteiger partial charge in [-0.25, -0.2) is 9.59 Å². The molecule has 2 aromatic carbocycles. The number of aliphatic imine (C=N–C) groups is 1. The predicted octanol–water partition coefficient (Wildman–Crippen LogP) is 1.24. The molecule has 0 aliphatic carbocycles. The standard InChI is InChI=1S/C24H31N5O5/c1-33-22(31)19(13-8-14-27-23(25)26)28-21(30)20(15-17-9-4-2-5-10-17)29-24(32)34-16-18-11-6-3-7-12-18/h2-7,9-12,19-20H,8,13-16H2,1H3,(H,28,30)(H,29,32)(H4,25,26,27)/t19-,20-/m0/s1. The fourth-order valence-electron chi connectivity index (χ4n) is 3.13. The van der Waals surface area contributed by atoms with E-state index in [0.29, 0.717) is 13.0 Å². The number of nitrogens with two attached hydrogens (primary N) is 2. The number of alkyl carbamates (subject to hydrolysis) is 1. The van der Waals surface area contributed by atoms with Crippen molar-refractivity contribution >= 4 is 23.9 Å². The number of guanidine groups is 1. The van der Waals surface area contributed by atoms with Gasteiger partial charge >= 0.3 is 12.1 Å². The first-order chi connectivity index (χ1) is 16.4. The number of benzene rings is 2. The molecule has 0 heterocycles. The monoisotopic (exact) mass is 469 g/mol. The van der Waals surface area contributed by atoms with Crippen molar-refractivity contribution in [3.63, 3.8) is 0 Å². The van der Waals surface area contributed by atoms with Gasteiger partial charge in [0, 0.05) is 13.0 Å². The molecule has 0 aliphatic rings. The number of amides is 2. The van der Waals surface area contributed by atoms with Gasteiger partial charge in [-0.05, 0) is 24.0 Å². The minimum Gasteiger partial charge on any atom is -0.467 e. The van der Waals surface area contributed by atoms with Gasteiger partial charge in [-0.3, -0.25) is 9.79 Å². The van der Waals surface area contributed by atoms with Crippen LogP contribution in [0.1, 0.15) is 24.0 Å². The number of nitrogens with zero attached hydrogens (tertiary/aromatic N) is 1. The molecule has 2 amide bonds. The number of carbonyl (C=O) groups excluding carboxylic acids is 3. The van der Waals surface area contributed by atoms with E-state index < -0.39 is 30.1 Å². The van der Waals surface area contributed by atoms with Crippen molar-refractivity contribution < 1.29 is 23.9 Å². The van der Waals surface area contributed by atoms with Crippen molar-refractivity contribution in [2.75, 3.05) is 13.7 Å². The van der Waals surface area contributed by atoms with Gasteiger partial charge in [-0.15, -0.1) is 0 Å². The van der Waals surface area contributed by atoms with Gasteiger partial charge in [0.2, 0.25) is 5.91 Å². The molecule has 0 spiro atoms. The normalized spacial score (nSPS) is 12.0. The average Bonchev–Trinajstić information content (AvgIpc) is 2.84. The second kappa shape index (κ2) is 14.1. The molecule has 0 bridgehead atoms. The molecule has 10 heteroatoms. The quantitative estimate of drug-likeness (QED) is 0.157. The summed E-state index contributed by atoms with van der Waals surface area (Å²) in [6, 6.07) is 16.5. The second-order valence-electron chi connectivity index (χ2n) is 7.48. The van der Waals surface area contributed by atoms with Crippen LogP contribution in [0.5, 0.6) is 0 Å². The summed E-state index contributed by atoms with van der Waals surface area (Å²) < 4.78 is 10.1. The highest BCUT2D eigenvalue weighted by atomic mass is 16.5. The lowest BCUT2D eigenvalue weighted by molar-refractivity contribution is -0.145. The molecule has 34 heavy (non-hydrogen) atoms. The Morgan fingerprint density at radius 3 is 2.12 bits per heavy atom. The maximum atomic E-state index is 13.1. The molecule has 0 saturated carbocycles. The van der Waals surface area contributed by atoms with Crippen LogP contribution in [-0.2, 0) is 32.1 Å². The molecule has 2 rings (SSSR count). The molecule has 182 valence electrons. The Bertz CT molecular complexity index is 949. The number of carbonyl (C=O) groups is 3. The number of ether oxygens (including phenoxy) is 2. The van der Waals surface area contributed by atoms with E-state index in [1.807, 2.05) is 60.7 Å². The summed E-state index contributed by atoms with van der Waals surface area (Å²) >= 11 is 0. The number of methoxy groups -OCH3 is 1. The summed E-state index contributed by atoms with van der Waals surface area (Å²) in [6.45, 7) is 0.352. The SMILES string of the molecule is COC(=O)[C@H](CCCN=C(N)N)NC(=O)[C@H](Cc1ccccc1)NC(=O)OCc1ccccc1. The highest BCUT2D eigenvalue weighted by Crippen LogP contribution is 2.07. The molecule has 0 fully saturated rings. The molecule has 0 saturated heterocycles. The summed E-state index contributed by atoms with van der Waals surface area (Å²) in [5.41, 5.74) is 12.3. The van der Waals surface area contributed by atoms with Crippen molar-refractivity contribution in [1.29, 1.82) is 0 Å². The molecule has 2 aromatic rings. The Morgan fingerprint density at radius 1 is 0.912 bits per heavy atom. The molecule has 0 radical (unpaired) electrons. The first kappa shape index (κ1) is 26.2. The molecular weight excluding hydrogens is 438 g/mol. The van der Waals surface area contributed by atoms with Crippen LogP contribution >= 0.6 is 0 Å². The predicted molar refractivity (Wildman–Crippen MR) is 128 cm³/mol. The van der Waals surface area contributed by atoms with E-state index in [-0.39, 0.29) is 25.4 Å². The molecule has 0 unspecified atom stereocenters. The minimum atomic E-state index is -0.976. The highest BCUT2D eigenvalue weighted by molar-refractivity contribution is 5.89. The van der Waals surface area contributed by atoms with Crippen molar-refractivity contribution in [1.82, 2.24) is 10.6 Å². The van der Waals surface area contributed by atoms with Crippen LogP contribution in [-0.4, -0.2) is 49.7 Å². The highest BCUT2D eigenvalue weighted by Gasteiger charge is 2.27. The van der Waals surface area contributed by atoms with Crippen LogP contribution in [0.3, 0.4) is 0 Å². The largest absolute Gasteiger partial charge is 0.467 e. The topological polar surface area (TPSA) is 158 Å². The van der Waals surface area contributed by atoms with Gasteiger partial charge < -0.3 is 31.6 Å². The van der Waals surface area contributed by atoms with Gasteiger partial charge in [-0.1, -0.05) is 60.7 Å². The number of hydrogen-bond acceptors (Lipinski definition) is 6. The Balaban J connectivity index is 2.05. The zero-order valence-electron chi connectivity index (χ0n) is 19.1. The number of esters is 1. The lowest BCUT2D eigenvalue weighted by Crippen LogP contribution is -2.52. The summed E-state index contributed by atoms with van der Waals surface area (Å²) in [7, 11) is 1.23. The van der Waals surface area contributed by atoms with Crippen LogP contribution in [0.25, 0.3) is 0 Å². The second-order valence-corrected chi connectivity index (χ2v) is 7.48.